The van der Waals surface area contributed by atoms with Gasteiger partial charge in [0.2, 0.25) is 0 Å². The van der Waals surface area contributed by atoms with Crippen LogP contribution in [0.5, 0.6) is 0 Å². The van der Waals surface area contributed by atoms with E-state index in [2.05, 4.69) is 42.4 Å². The summed E-state index contributed by atoms with van der Waals surface area (Å²) >= 11 is 0. The fraction of sp³-hybridized carbons (Fsp3) is 0.375. The molecule has 0 aliphatic carbocycles. The molecule has 0 aliphatic rings. The summed E-state index contributed by atoms with van der Waals surface area (Å²) in [5.74, 6) is 1.10. The van der Waals surface area contributed by atoms with Crippen molar-refractivity contribution in [1.82, 2.24) is 9.78 Å². The molecule has 1 heterocycles. The molecule has 0 saturated carbocycles. The standard InChI is InChI=1S/C16H21N5/c1-4-20(5-2)16-14(10-17)15(18)21(19-16)11-13-8-6-12(3)7-9-13/h6-9H,4-5,11,18H2,1-3H3. The number of nitrogens with zero attached hydrogens (tertiary/aromatic N) is 4. The van der Waals surface area contributed by atoms with Crippen LogP contribution in [0.4, 0.5) is 11.6 Å². The molecule has 0 aliphatic heterocycles. The molecule has 1 aromatic carbocycles. The second-order valence-electron chi connectivity index (χ2n) is 5.01. The number of rotatable bonds is 5. The summed E-state index contributed by atoms with van der Waals surface area (Å²) in [4.78, 5) is 2.04. The van der Waals surface area contributed by atoms with Crippen molar-refractivity contribution in [3.05, 3.63) is 41.0 Å². The smallest absolute Gasteiger partial charge is 0.170 e. The fourth-order valence-electron chi connectivity index (χ4n) is 2.30. The summed E-state index contributed by atoms with van der Waals surface area (Å²) < 4.78 is 1.71. The maximum Gasteiger partial charge on any atom is 0.170 e. The second kappa shape index (κ2) is 6.31. The van der Waals surface area contributed by atoms with Gasteiger partial charge >= 0.3 is 0 Å². The van der Waals surface area contributed by atoms with Crippen LogP contribution in [0.25, 0.3) is 0 Å². The molecule has 5 heteroatoms. The molecular formula is C16H21N5. The van der Waals surface area contributed by atoms with Gasteiger partial charge in [-0.25, -0.2) is 4.68 Å². The third-order valence-electron chi connectivity index (χ3n) is 3.60. The van der Waals surface area contributed by atoms with Gasteiger partial charge in [0.25, 0.3) is 0 Å². The van der Waals surface area contributed by atoms with Gasteiger partial charge in [-0.2, -0.15) is 10.4 Å². The van der Waals surface area contributed by atoms with E-state index in [0.29, 0.717) is 23.7 Å². The Morgan fingerprint density at radius 1 is 1.24 bits per heavy atom. The number of aromatic nitrogens is 2. The summed E-state index contributed by atoms with van der Waals surface area (Å²) in [5, 5.41) is 13.9. The molecule has 0 saturated heterocycles. The number of nitriles is 1. The van der Waals surface area contributed by atoms with Crippen LogP contribution in [0.15, 0.2) is 24.3 Å². The van der Waals surface area contributed by atoms with Gasteiger partial charge in [-0.05, 0) is 26.3 Å². The lowest BCUT2D eigenvalue weighted by Crippen LogP contribution is -2.23. The quantitative estimate of drug-likeness (QED) is 0.915. The van der Waals surface area contributed by atoms with E-state index in [1.54, 1.807) is 4.68 Å². The average Bonchev–Trinajstić information content (AvgIpc) is 2.79. The van der Waals surface area contributed by atoms with Crippen LogP contribution in [0, 0.1) is 18.3 Å². The first-order chi connectivity index (χ1) is 10.1. The lowest BCUT2D eigenvalue weighted by Gasteiger charge is -2.17. The Morgan fingerprint density at radius 2 is 1.86 bits per heavy atom. The number of nitrogens with two attached hydrogens (primary N) is 1. The van der Waals surface area contributed by atoms with Gasteiger partial charge in [-0.15, -0.1) is 0 Å². The van der Waals surface area contributed by atoms with E-state index in [0.717, 1.165) is 18.7 Å². The third-order valence-corrected chi connectivity index (χ3v) is 3.60. The molecule has 2 N–H and O–H groups in total. The zero-order chi connectivity index (χ0) is 15.4. The van der Waals surface area contributed by atoms with Crippen molar-refractivity contribution >= 4 is 11.6 Å². The van der Waals surface area contributed by atoms with Crippen LogP contribution in [0.3, 0.4) is 0 Å². The van der Waals surface area contributed by atoms with Gasteiger partial charge in [0.05, 0.1) is 6.54 Å². The third kappa shape index (κ3) is 3.00. The maximum absolute atomic E-state index is 9.35. The molecule has 2 rings (SSSR count). The van der Waals surface area contributed by atoms with E-state index >= 15 is 0 Å². The Labute approximate surface area is 125 Å². The number of hydrogen-bond acceptors (Lipinski definition) is 4. The summed E-state index contributed by atoms with van der Waals surface area (Å²) in [7, 11) is 0. The van der Waals surface area contributed by atoms with E-state index in [-0.39, 0.29) is 0 Å². The molecule has 0 spiro atoms. The van der Waals surface area contributed by atoms with Gasteiger partial charge in [-0.1, -0.05) is 29.8 Å². The SMILES string of the molecule is CCN(CC)c1nn(Cc2ccc(C)cc2)c(N)c1C#N. The molecule has 1 aromatic heterocycles. The number of aryl methyl sites for hydroxylation is 1. The average molecular weight is 283 g/mol. The normalized spacial score (nSPS) is 10.4. The van der Waals surface area contributed by atoms with Gasteiger partial charge < -0.3 is 10.6 Å². The zero-order valence-electron chi connectivity index (χ0n) is 12.8. The molecule has 0 radical (unpaired) electrons. The van der Waals surface area contributed by atoms with E-state index in [9.17, 15) is 5.26 Å². The Morgan fingerprint density at radius 3 is 2.38 bits per heavy atom. The predicted molar refractivity (Wildman–Crippen MR) is 85.2 cm³/mol. The van der Waals surface area contributed by atoms with Crippen molar-refractivity contribution in [2.24, 2.45) is 0 Å². The van der Waals surface area contributed by atoms with E-state index in [1.807, 2.05) is 18.7 Å². The fourth-order valence-corrected chi connectivity index (χ4v) is 2.30. The number of benzene rings is 1. The van der Waals surface area contributed by atoms with E-state index in [1.165, 1.54) is 5.56 Å². The largest absolute Gasteiger partial charge is 0.383 e. The minimum Gasteiger partial charge on any atom is -0.383 e. The highest BCUT2D eigenvalue weighted by atomic mass is 15.4. The molecule has 110 valence electrons. The minimum atomic E-state index is 0.431. The molecule has 0 unspecified atom stereocenters. The number of nitrogen functional groups attached to an aromatic ring is 1. The predicted octanol–water partition coefficient (Wildman–Crippen LogP) is 2.54. The summed E-state index contributed by atoms with van der Waals surface area (Å²) in [5.41, 5.74) is 8.89. The highest BCUT2D eigenvalue weighted by Crippen LogP contribution is 2.25. The van der Waals surface area contributed by atoms with Crippen molar-refractivity contribution in [3.8, 4) is 6.07 Å². The Hall–Kier alpha value is -2.48. The second-order valence-corrected chi connectivity index (χ2v) is 5.01. The van der Waals surface area contributed by atoms with Gasteiger partial charge in [0, 0.05) is 13.1 Å². The highest BCUT2D eigenvalue weighted by Gasteiger charge is 2.19. The number of hydrogen-bond donors (Lipinski definition) is 1. The molecule has 0 amide bonds. The van der Waals surface area contributed by atoms with Crippen LogP contribution < -0.4 is 10.6 Å². The van der Waals surface area contributed by atoms with Crippen LogP contribution in [0.2, 0.25) is 0 Å². The molecule has 0 fully saturated rings. The van der Waals surface area contributed by atoms with E-state index < -0.39 is 0 Å². The van der Waals surface area contributed by atoms with Crippen LogP contribution >= 0.6 is 0 Å². The van der Waals surface area contributed by atoms with Gasteiger partial charge in [0.15, 0.2) is 5.82 Å². The highest BCUT2D eigenvalue weighted by molar-refractivity contribution is 5.65. The van der Waals surface area contributed by atoms with E-state index in [4.69, 9.17) is 5.73 Å². The number of anilines is 2. The zero-order valence-corrected chi connectivity index (χ0v) is 12.8. The lowest BCUT2D eigenvalue weighted by atomic mass is 10.1. The Balaban J connectivity index is 2.37. The monoisotopic (exact) mass is 283 g/mol. The van der Waals surface area contributed by atoms with Crippen LogP contribution in [-0.2, 0) is 6.54 Å². The van der Waals surface area contributed by atoms with Gasteiger partial charge in [-0.3, -0.25) is 0 Å². The molecule has 5 nitrogen and oxygen atoms in total. The molecule has 0 atom stereocenters. The first kappa shape index (κ1) is 14.9. The molecule has 2 aromatic rings. The minimum absolute atomic E-state index is 0.431. The Bertz CT molecular complexity index is 645. The van der Waals surface area contributed by atoms with Crippen LogP contribution in [-0.4, -0.2) is 22.9 Å². The molecule has 0 bridgehead atoms. The van der Waals surface area contributed by atoms with Crippen molar-refractivity contribution < 1.29 is 0 Å². The maximum atomic E-state index is 9.35. The first-order valence-corrected chi connectivity index (χ1v) is 7.17. The van der Waals surface area contributed by atoms with Crippen molar-refractivity contribution in [3.63, 3.8) is 0 Å². The summed E-state index contributed by atoms with van der Waals surface area (Å²) in [6.45, 7) is 8.30. The van der Waals surface area contributed by atoms with Crippen LogP contribution in [0.1, 0.15) is 30.5 Å². The van der Waals surface area contributed by atoms with Crippen molar-refractivity contribution in [2.45, 2.75) is 27.3 Å². The lowest BCUT2D eigenvalue weighted by molar-refractivity contribution is 0.686. The van der Waals surface area contributed by atoms with Crippen molar-refractivity contribution in [1.29, 1.82) is 5.26 Å². The summed E-state index contributed by atoms with van der Waals surface area (Å²) in [6, 6.07) is 10.4. The Kier molecular flexibility index (Phi) is 4.49. The molecular weight excluding hydrogens is 262 g/mol. The summed E-state index contributed by atoms with van der Waals surface area (Å²) in [6.07, 6.45) is 0. The first-order valence-electron chi connectivity index (χ1n) is 7.17. The molecule has 21 heavy (non-hydrogen) atoms. The van der Waals surface area contributed by atoms with Crippen molar-refractivity contribution in [2.75, 3.05) is 23.7 Å². The topological polar surface area (TPSA) is 70.9 Å². The van der Waals surface area contributed by atoms with Gasteiger partial charge in [0.1, 0.15) is 17.5 Å².